The predicted molar refractivity (Wildman–Crippen MR) is 97.2 cm³/mol. The van der Waals surface area contributed by atoms with Crippen LogP contribution in [0.2, 0.25) is 0 Å². The molecule has 136 valence electrons. The molecule has 0 spiro atoms. The average Bonchev–Trinajstić information content (AvgIpc) is 3.09. The second-order valence-electron chi connectivity index (χ2n) is 6.19. The van der Waals surface area contributed by atoms with Gasteiger partial charge in [0.05, 0.1) is 11.3 Å². The molecule has 0 atom stereocenters. The molecule has 28 heavy (non-hydrogen) atoms. The molecular weight excluding hydrogens is 391 g/mol. The molecule has 0 aliphatic carbocycles. The quantitative estimate of drug-likeness (QED) is 0.329. The molecule has 8 heteroatoms. The van der Waals surface area contributed by atoms with Crippen LogP contribution in [0.5, 0.6) is 5.75 Å². The fraction of sp³-hybridized carbons (Fsp3) is 0.0500. The van der Waals surface area contributed by atoms with E-state index in [0.717, 1.165) is 23.3 Å². The van der Waals surface area contributed by atoms with Gasteiger partial charge in [-0.3, -0.25) is 4.79 Å². The summed E-state index contributed by atoms with van der Waals surface area (Å²) >= 11 is 0. The molecule has 3 aromatic rings. The molecule has 0 saturated carbocycles. The van der Waals surface area contributed by atoms with Crippen molar-refractivity contribution in [2.45, 2.75) is 0 Å². The number of aromatic amines is 1. The molecule has 0 radical (unpaired) electrons. The number of anilines is 2. The van der Waals surface area contributed by atoms with Crippen LogP contribution in [0.1, 0.15) is 27.0 Å². The summed E-state index contributed by atoms with van der Waals surface area (Å²) in [7, 11) is 0. The molecule has 4 N–H and O–H groups in total. The molecule has 5 nitrogen and oxygen atoms in total. The smallest absolute Gasteiger partial charge is 0.872 e. The first-order valence-corrected chi connectivity index (χ1v) is 8.17. The third kappa shape index (κ3) is 3.66. The van der Waals surface area contributed by atoms with Crippen molar-refractivity contribution in [1.29, 1.82) is 0 Å². The van der Waals surface area contributed by atoms with Gasteiger partial charge < -0.3 is 21.1 Å². The van der Waals surface area contributed by atoms with Crippen LogP contribution in [0.25, 0.3) is 11.6 Å². The summed E-state index contributed by atoms with van der Waals surface area (Å²) in [6, 6.07) is 8.32. The summed E-state index contributed by atoms with van der Waals surface area (Å²) in [6.07, 6.45) is 3.17. The van der Waals surface area contributed by atoms with Gasteiger partial charge in [-0.05, 0) is 29.3 Å². The van der Waals surface area contributed by atoms with E-state index in [1.54, 1.807) is 18.2 Å². The van der Waals surface area contributed by atoms with E-state index in [0.29, 0.717) is 17.9 Å². The molecular formula is C20H14F2KN3O2. The third-order valence-electron chi connectivity index (χ3n) is 4.51. The van der Waals surface area contributed by atoms with E-state index in [1.807, 2.05) is 0 Å². The maximum absolute atomic E-state index is 14.3. The Kier molecular flexibility index (Phi) is 6.06. The van der Waals surface area contributed by atoms with Crippen molar-refractivity contribution in [3.8, 4) is 5.75 Å². The summed E-state index contributed by atoms with van der Waals surface area (Å²) < 4.78 is 28.4. The fourth-order valence-corrected chi connectivity index (χ4v) is 3.09. The summed E-state index contributed by atoms with van der Waals surface area (Å²) in [4.78, 5) is 15.7. The van der Waals surface area contributed by atoms with E-state index in [1.165, 1.54) is 18.3 Å². The molecule has 1 aliphatic rings. The van der Waals surface area contributed by atoms with Gasteiger partial charge in [0.2, 0.25) is 5.78 Å². The number of nitrogens with two attached hydrogens (primary N) is 1. The van der Waals surface area contributed by atoms with Crippen LogP contribution in [-0.2, 0) is 0 Å². The number of H-pyrrole nitrogens is 1. The Balaban J connectivity index is 0.00000225. The van der Waals surface area contributed by atoms with Crippen LogP contribution in [-0.4, -0.2) is 17.3 Å². The Labute approximate surface area is 202 Å². The molecule has 1 aliphatic heterocycles. The van der Waals surface area contributed by atoms with Crippen molar-refractivity contribution >= 4 is 28.9 Å². The van der Waals surface area contributed by atoms with E-state index in [2.05, 4.69) is 10.3 Å². The number of hydrogen-bond donors (Lipinski definition) is 3. The number of fused-ring (bicyclic) bond motifs is 1. The Bertz CT molecular complexity index is 1090. The minimum Gasteiger partial charge on any atom is -0.872 e. The van der Waals surface area contributed by atoms with Gasteiger partial charge in [0.15, 0.2) is 5.82 Å². The molecule has 0 saturated heterocycles. The number of benzene rings is 2. The second kappa shape index (κ2) is 8.18. The van der Waals surface area contributed by atoms with E-state index in [-0.39, 0.29) is 68.4 Å². The Morgan fingerprint density at radius 3 is 2.54 bits per heavy atom. The summed E-state index contributed by atoms with van der Waals surface area (Å²) in [5, 5.41) is 14.4. The summed E-state index contributed by atoms with van der Waals surface area (Å²) in [5.41, 5.74) is 6.76. The molecule has 4 rings (SSSR count). The topological polar surface area (TPSA) is 94.0 Å². The number of rotatable bonds is 3. The average molecular weight is 405 g/mol. The van der Waals surface area contributed by atoms with Crippen molar-refractivity contribution < 1.29 is 70.1 Å². The molecule has 0 bridgehead atoms. The SMILES string of the molecule is Nc1ccc(F)c(C(=O)c2c[nH]c3c2C=C(c2ccc([O-])cc2)CN3)c1F.[K+]. The number of aromatic nitrogens is 1. The molecule has 2 heterocycles. The molecule has 1 aromatic heterocycles. The maximum Gasteiger partial charge on any atom is 1.00 e. The monoisotopic (exact) mass is 405 g/mol. The Morgan fingerprint density at radius 2 is 1.82 bits per heavy atom. The number of halogens is 2. The summed E-state index contributed by atoms with van der Waals surface area (Å²) in [6.45, 7) is 0.473. The van der Waals surface area contributed by atoms with Crippen molar-refractivity contribution in [3.63, 3.8) is 0 Å². The molecule has 0 unspecified atom stereocenters. The Morgan fingerprint density at radius 1 is 1.11 bits per heavy atom. The van der Waals surface area contributed by atoms with Crippen molar-refractivity contribution in [3.05, 3.63) is 76.5 Å². The third-order valence-corrected chi connectivity index (χ3v) is 4.51. The van der Waals surface area contributed by atoms with Gasteiger partial charge in [-0.15, -0.1) is 5.75 Å². The van der Waals surface area contributed by atoms with Gasteiger partial charge in [0.1, 0.15) is 11.6 Å². The molecule has 0 fully saturated rings. The van der Waals surface area contributed by atoms with E-state index in [4.69, 9.17) is 5.73 Å². The van der Waals surface area contributed by atoms with Crippen molar-refractivity contribution in [2.24, 2.45) is 0 Å². The van der Waals surface area contributed by atoms with E-state index >= 15 is 0 Å². The predicted octanol–water partition coefficient (Wildman–Crippen LogP) is 0.150. The standard InChI is InChI=1S/C20H15F2N3O2.K/c21-15-5-6-16(23)18(22)17(15)19(27)14-9-25-20-13(14)7-11(8-24-20)10-1-3-12(26)4-2-10;/h1-7,9,24-26H,8,23H2;/q;+1/p-1. The number of carbonyl (C=O) groups excluding carboxylic acids is 1. The zero-order valence-corrected chi connectivity index (χ0v) is 18.1. The molecule has 2 aromatic carbocycles. The van der Waals surface area contributed by atoms with E-state index < -0.39 is 23.0 Å². The first-order valence-electron chi connectivity index (χ1n) is 8.17. The van der Waals surface area contributed by atoms with Crippen LogP contribution in [0.15, 0.2) is 42.6 Å². The number of hydrogen-bond acceptors (Lipinski definition) is 4. The van der Waals surface area contributed by atoms with Gasteiger partial charge in [-0.2, -0.15) is 0 Å². The second-order valence-corrected chi connectivity index (χ2v) is 6.19. The van der Waals surface area contributed by atoms with Gasteiger partial charge >= 0.3 is 51.4 Å². The van der Waals surface area contributed by atoms with Crippen molar-refractivity contribution in [1.82, 2.24) is 4.98 Å². The van der Waals surface area contributed by atoms with Crippen LogP contribution < -0.4 is 67.5 Å². The summed E-state index contributed by atoms with van der Waals surface area (Å²) in [5.74, 6) is -2.38. The first-order chi connectivity index (χ1) is 13.0. The van der Waals surface area contributed by atoms with Crippen LogP contribution in [0.3, 0.4) is 0 Å². The number of carbonyl (C=O) groups is 1. The van der Waals surface area contributed by atoms with Gasteiger partial charge in [-0.25, -0.2) is 8.78 Å². The number of nitrogens with one attached hydrogen (secondary N) is 2. The van der Waals surface area contributed by atoms with Gasteiger partial charge in [0, 0.05) is 23.9 Å². The first kappa shape index (κ1) is 20.8. The zero-order chi connectivity index (χ0) is 19.1. The van der Waals surface area contributed by atoms with Crippen LogP contribution in [0.4, 0.5) is 20.3 Å². The van der Waals surface area contributed by atoms with Gasteiger partial charge in [0.25, 0.3) is 0 Å². The zero-order valence-electron chi connectivity index (χ0n) is 15.0. The minimum atomic E-state index is -1.08. The normalized spacial score (nSPS) is 12.4. The van der Waals surface area contributed by atoms with E-state index in [9.17, 15) is 18.7 Å². The van der Waals surface area contributed by atoms with Crippen LogP contribution >= 0.6 is 0 Å². The number of ketones is 1. The minimum absolute atomic E-state index is 0. The molecule has 0 amide bonds. The van der Waals surface area contributed by atoms with Gasteiger partial charge in [-0.1, -0.05) is 24.3 Å². The van der Waals surface area contributed by atoms with Crippen molar-refractivity contribution in [2.75, 3.05) is 17.6 Å². The largest absolute Gasteiger partial charge is 1.00 e. The number of nitrogen functional groups attached to an aromatic ring is 1. The fourth-order valence-electron chi connectivity index (χ4n) is 3.09. The maximum atomic E-state index is 14.3. The van der Waals surface area contributed by atoms with Crippen LogP contribution in [0, 0.1) is 11.6 Å². The Hall–Kier alpha value is -1.97.